The van der Waals surface area contributed by atoms with Gasteiger partial charge in [-0.25, -0.2) is 4.79 Å². The molecular weight excluding hydrogens is 334 g/mol. The fraction of sp³-hybridized carbons (Fsp3) is 0.250. The summed E-state index contributed by atoms with van der Waals surface area (Å²) >= 11 is 0. The minimum Gasteiger partial charge on any atom is -0.496 e. The van der Waals surface area contributed by atoms with E-state index in [0.717, 1.165) is 5.56 Å². The number of rotatable bonds is 7. The summed E-state index contributed by atoms with van der Waals surface area (Å²) in [5.74, 6) is -0.105. The van der Waals surface area contributed by atoms with Crippen LogP contribution < -0.4 is 10.1 Å². The molecule has 0 aromatic heterocycles. The first-order chi connectivity index (χ1) is 12.4. The van der Waals surface area contributed by atoms with Gasteiger partial charge in [-0.05, 0) is 42.8 Å². The number of ketones is 1. The van der Waals surface area contributed by atoms with Crippen molar-refractivity contribution in [2.45, 2.75) is 19.9 Å². The average molecular weight is 355 g/mol. The predicted octanol–water partition coefficient (Wildman–Crippen LogP) is 2.54. The highest BCUT2D eigenvalue weighted by Gasteiger charge is 2.12. The standard InChI is InChI=1S/C20H21NO5/c1-13(22)16-8-9-18(25-2)17(10-16)11-19(23)21-12-14-4-6-15(7-5-14)20(24)26-3/h4-10H,11-12H2,1-3H3,(H,21,23). The van der Waals surface area contributed by atoms with Gasteiger partial charge in [0.2, 0.25) is 5.91 Å². The maximum atomic E-state index is 12.2. The molecule has 0 spiro atoms. The Morgan fingerprint density at radius 1 is 0.962 bits per heavy atom. The van der Waals surface area contributed by atoms with Crippen molar-refractivity contribution in [3.8, 4) is 5.75 Å². The van der Waals surface area contributed by atoms with Gasteiger partial charge in [-0.3, -0.25) is 9.59 Å². The third-order valence-electron chi connectivity index (χ3n) is 3.90. The van der Waals surface area contributed by atoms with Crippen molar-refractivity contribution in [3.63, 3.8) is 0 Å². The molecule has 26 heavy (non-hydrogen) atoms. The third-order valence-corrected chi connectivity index (χ3v) is 3.90. The zero-order valence-corrected chi connectivity index (χ0v) is 15.0. The summed E-state index contributed by atoms with van der Waals surface area (Å²) in [4.78, 5) is 35.1. The Balaban J connectivity index is 1.99. The summed E-state index contributed by atoms with van der Waals surface area (Å²) in [6, 6.07) is 11.8. The summed E-state index contributed by atoms with van der Waals surface area (Å²) in [5, 5.41) is 2.81. The van der Waals surface area contributed by atoms with Gasteiger partial charge in [0.25, 0.3) is 0 Å². The van der Waals surface area contributed by atoms with E-state index >= 15 is 0 Å². The molecule has 0 atom stereocenters. The fourth-order valence-electron chi connectivity index (χ4n) is 2.45. The number of methoxy groups -OCH3 is 2. The van der Waals surface area contributed by atoms with Crippen LogP contribution in [0.3, 0.4) is 0 Å². The fourth-order valence-corrected chi connectivity index (χ4v) is 2.45. The number of Topliss-reactive ketones (excluding diaryl/α,β-unsaturated/α-hetero) is 1. The van der Waals surface area contributed by atoms with Gasteiger partial charge in [-0.15, -0.1) is 0 Å². The predicted molar refractivity (Wildman–Crippen MR) is 96.3 cm³/mol. The van der Waals surface area contributed by atoms with Crippen LogP contribution in [0.5, 0.6) is 5.75 Å². The first kappa shape index (κ1) is 19.2. The van der Waals surface area contributed by atoms with Gasteiger partial charge < -0.3 is 14.8 Å². The Hall–Kier alpha value is -3.15. The Morgan fingerprint density at radius 2 is 1.62 bits per heavy atom. The van der Waals surface area contributed by atoms with E-state index in [4.69, 9.17) is 4.74 Å². The van der Waals surface area contributed by atoms with Crippen molar-refractivity contribution >= 4 is 17.7 Å². The Morgan fingerprint density at radius 3 is 2.19 bits per heavy atom. The highest BCUT2D eigenvalue weighted by molar-refractivity contribution is 5.94. The molecule has 2 rings (SSSR count). The quantitative estimate of drug-likeness (QED) is 0.610. The van der Waals surface area contributed by atoms with Crippen LogP contribution in [0.15, 0.2) is 42.5 Å². The van der Waals surface area contributed by atoms with Gasteiger partial charge in [0.05, 0.1) is 26.2 Å². The number of benzene rings is 2. The molecule has 0 radical (unpaired) electrons. The molecule has 0 saturated carbocycles. The number of amides is 1. The van der Waals surface area contributed by atoms with Crippen LogP contribution in [0.4, 0.5) is 0 Å². The molecule has 0 heterocycles. The lowest BCUT2D eigenvalue weighted by Crippen LogP contribution is -2.24. The van der Waals surface area contributed by atoms with Gasteiger partial charge >= 0.3 is 5.97 Å². The summed E-state index contributed by atoms with van der Waals surface area (Å²) in [6.45, 7) is 1.80. The molecular formula is C20H21NO5. The number of esters is 1. The number of nitrogens with one attached hydrogen (secondary N) is 1. The maximum absolute atomic E-state index is 12.2. The van der Waals surface area contributed by atoms with Gasteiger partial charge in [-0.1, -0.05) is 12.1 Å². The smallest absolute Gasteiger partial charge is 0.337 e. The highest BCUT2D eigenvalue weighted by Crippen LogP contribution is 2.21. The molecule has 6 heteroatoms. The molecule has 0 aliphatic rings. The van der Waals surface area contributed by atoms with Crippen molar-refractivity contribution in [3.05, 3.63) is 64.7 Å². The lowest BCUT2D eigenvalue weighted by atomic mass is 10.0. The number of hydrogen-bond donors (Lipinski definition) is 1. The van der Waals surface area contributed by atoms with Gasteiger partial charge in [0.15, 0.2) is 5.78 Å². The van der Waals surface area contributed by atoms with Crippen LogP contribution in [0.2, 0.25) is 0 Å². The molecule has 136 valence electrons. The second-order valence-electron chi connectivity index (χ2n) is 5.72. The average Bonchev–Trinajstić information content (AvgIpc) is 2.66. The molecule has 6 nitrogen and oxygen atoms in total. The first-order valence-electron chi connectivity index (χ1n) is 8.06. The molecule has 2 aromatic rings. The Bertz CT molecular complexity index is 811. The van der Waals surface area contributed by atoms with E-state index in [1.807, 2.05) is 0 Å². The van der Waals surface area contributed by atoms with Gasteiger partial charge in [0.1, 0.15) is 5.75 Å². The SMILES string of the molecule is COC(=O)c1ccc(CNC(=O)Cc2cc(C(C)=O)ccc2OC)cc1. The Kier molecular flexibility index (Phi) is 6.49. The number of ether oxygens (including phenoxy) is 2. The van der Waals surface area contributed by atoms with Crippen LogP contribution in [0, 0.1) is 0 Å². The number of hydrogen-bond acceptors (Lipinski definition) is 5. The van der Waals surface area contributed by atoms with E-state index in [1.54, 1.807) is 42.5 Å². The van der Waals surface area contributed by atoms with Crippen molar-refractivity contribution in [1.82, 2.24) is 5.32 Å². The maximum Gasteiger partial charge on any atom is 0.337 e. The summed E-state index contributed by atoms with van der Waals surface area (Å²) < 4.78 is 9.90. The van der Waals surface area contributed by atoms with E-state index in [9.17, 15) is 14.4 Å². The van der Waals surface area contributed by atoms with Crippen LogP contribution in [-0.2, 0) is 22.5 Å². The van der Waals surface area contributed by atoms with E-state index in [0.29, 0.717) is 29.0 Å². The topological polar surface area (TPSA) is 81.7 Å². The summed E-state index contributed by atoms with van der Waals surface area (Å²) in [5.41, 5.74) is 2.49. The minimum absolute atomic E-state index is 0.0694. The third kappa shape index (κ3) is 4.92. The van der Waals surface area contributed by atoms with Crippen LogP contribution in [0.1, 0.15) is 38.8 Å². The molecule has 0 saturated heterocycles. The zero-order valence-electron chi connectivity index (χ0n) is 15.0. The number of carbonyl (C=O) groups excluding carboxylic acids is 3. The summed E-state index contributed by atoms with van der Waals surface area (Å²) in [6.07, 6.45) is 0.102. The highest BCUT2D eigenvalue weighted by atomic mass is 16.5. The van der Waals surface area contributed by atoms with E-state index in [2.05, 4.69) is 10.1 Å². The van der Waals surface area contributed by atoms with Gasteiger partial charge in [0, 0.05) is 17.7 Å². The summed E-state index contributed by atoms with van der Waals surface area (Å²) in [7, 11) is 2.85. The van der Waals surface area contributed by atoms with Crippen molar-refractivity contribution in [2.24, 2.45) is 0 Å². The molecule has 0 fully saturated rings. The molecule has 0 aliphatic carbocycles. The lowest BCUT2D eigenvalue weighted by molar-refractivity contribution is -0.120. The van der Waals surface area contributed by atoms with Crippen LogP contribution >= 0.6 is 0 Å². The second kappa shape index (κ2) is 8.80. The molecule has 0 unspecified atom stereocenters. The van der Waals surface area contributed by atoms with Crippen molar-refractivity contribution < 1.29 is 23.9 Å². The molecule has 1 amide bonds. The largest absolute Gasteiger partial charge is 0.496 e. The lowest BCUT2D eigenvalue weighted by Gasteiger charge is -2.11. The monoisotopic (exact) mass is 355 g/mol. The van der Waals surface area contributed by atoms with Crippen molar-refractivity contribution in [2.75, 3.05) is 14.2 Å². The molecule has 2 aromatic carbocycles. The molecule has 0 aliphatic heterocycles. The normalized spacial score (nSPS) is 10.1. The van der Waals surface area contributed by atoms with E-state index in [1.165, 1.54) is 21.1 Å². The van der Waals surface area contributed by atoms with Crippen LogP contribution in [0.25, 0.3) is 0 Å². The first-order valence-corrected chi connectivity index (χ1v) is 8.06. The minimum atomic E-state index is -0.405. The van der Waals surface area contributed by atoms with Crippen molar-refractivity contribution in [1.29, 1.82) is 0 Å². The zero-order chi connectivity index (χ0) is 19.1. The van der Waals surface area contributed by atoms with Gasteiger partial charge in [-0.2, -0.15) is 0 Å². The van der Waals surface area contributed by atoms with Crippen LogP contribution in [-0.4, -0.2) is 31.9 Å². The van der Waals surface area contributed by atoms with E-state index < -0.39 is 5.97 Å². The number of carbonyl (C=O) groups is 3. The second-order valence-corrected chi connectivity index (χ2v) is 5.72. The Labute approximate surface area is 152 Å². The molecule has 1 N–H and O–H groups in total. The van der Waals surface area contributed by atoms with E-state index in [-0.39, 0.29) is 18.1 Å². The molecule has 0 bridgehead atoms.